The Balaban J connectivity index is 1.70. The molecular weight excluding hydrogens is 318 g/mol. The van der Waals surface area contributed by atoms with Crippen LogP contribution in [0.1, 0.15) is 5.56 Å². The third-order valence-corrected chi connectivity index (χ3v) is 4.81. The van der Waals surface area contributed by atoms with E-state index < -0.39 is 10.0 Å². The monoisotopic (exact) mass is 333 g/mol. The van der Waals surface area contributed by atoms with Gasteiger partial charge in [0, 0.05) is 18.9 Å². The summed E-state index contributed by atoms with van der Waals surface area (Å²) in [5.74, 6) is 0.151. The molecule has 0 spiro atoms. The molecule has 0 unspecified atom stereocenters. The number of sulfonamides is 1. The molecule has 23 heavy (non-hydrogen) atoms. The summed E-state index contributed by atoms with van der Waals surface area (Å²) in [6.07, 6.45) is 3.89. The van der Waals surface area contributed by atoms with Crippen LogP contribution in [0.4, 0.5) is 5.69 Å². The van der Waals surface area contributed by atoms with Crippen molar-refractivity contribution in [1.82, 2.24) is 9.71 Å². The maximum Gasteiger partial charge on any atom is 0.262 e. The Morgan fingerprint density at radius 1 is 1.22 bits per heavy atom. The van der Waals surface area contributed by atoms with Gasteiger partial charge in [-0.3, -0.25) is 9.78 Å². The van der Waals surface area contributed by atoms with E-state index in [1.165, 1.54) is 18.2 Å². The van der Waals surface area contributed by atoms with Crippen LogP contribution in [0.2, 0.25) is 0 Å². The summed E-state index contributed by atoms with van der Waals surface area (Å²) < 4.78 is 32.4. The number of carbonyl (C=O) groups is 1. The van der Waals surface area contributed by atoms with E-state index in [-0.39, 0.29) is 24.0 Å². The van der Waals surface area contributed by atoms with E-state index >= 15 is 0 Å². The van der Waals surface area contributed by atoms with Crippen molar-refractivity contribution in [3.63, 3.8) is 0 Å². The number of anilines is 1. The molecule has 0 saturated heterocycles. The van der Waals surface area contributed by atoms with E-state index in [1.54, 1.807) is 12.4 Å². The van der Waals surface area contributed by atoms with Crippen molar-refractivity contribution in [3.05, 3.63) is 48.3 Å². The van der Waals surface area contributed by atoms with Crippen LogP contribution in [0.5, 0.6) is 5.75 Å². The summed E-state index contributed by atoms with van der Waals surface area (Å²) >= 11 is 0. The molecule has 2 N–H and O–H groups in total. The molecule has 1 aliphatic rings. The molecule has 2 aromatic rings. The van der Waals surface area contributed by atoms with Crippen LogP contribution in [0.15, 0.2) is 47.6 Å². The van der Waals surface area contributed by atoms with Crippen molar-refractivity contribution in [1.29, 1.82) is 0 Å². The van der Waals surface area contributed by atoms with Gasteiger partial charge in [0.1, 0.15) is 5.75 Å². The Morgan fingerprint density at radius 2 is 2.00 bits per heavy atom. The fourth-order valence-corrected chi connectivity index (χ4v) is 3.25. The van der Waals surface area contributed by atoms with E-state index in [4.69, 9.17) is 4.74 Å². The second-order valence-corrected chi connectivity index (χ2v) is 6.77. The zero-order valence-corrected chi connectivity index (χ0v) is 13.0. The number of amides is 1. The maximum atomic E-state index is 12.3. The zero-order valence-electron chi connectivity index (χ0n) is 12.2. The van der Waals surface area contributed by atoms with Crippen LogP contribution in [-0.4, -0.2) is 32.5 Å². The smallest absolute Gasteiger partial charge is 0.262 e. The minimum Gasteiger partial charge on any atom is -0.482 e. The summed E-state index contributed by atoms with van der Waals surface area (Å²) in [6, 6.07) is 8.04. The lowest BCUT2D eigenvalue weighted by atomic mass is 10.2. The van der Waals surface area contributed by atoms with Crippen LogP contribution in [-0.2, 0) is 21.2 Å². The van der Waals surface area contributed by atoms with Gasteiger partial charge >= 0.3 is 0 Å². The number of nitrogens with zero attached hydrogens (tertiary/aromatic N) is 1. The van der Waals surface area contributed by atoms with Gasteiger partial charge in [-0.05, 0) is 42.3 Å². The van der Waals surface area contributed by atoms with Crippen LogP contribution in [0.3, 0.4) is 0 Å². The summed E-state index contributed by atoms with van der Waals surface area (Å²) in [6.45, 7) is 0.204. The molecule has 2 heterocycles. The molecule has 1 aromatic carbocycles. The molecule has 3 rings (SSSR count). The molecule has 1 aromatic heterocycles. The number of nitrogens with one attached hydrogen (secondary N) is 2. The predicted octanol–water partition coefficient (Wildman–Crippen LogP) is 0.933. The van der Waals surface area contributed by atoms with Crippen molar-refractivity contribution in [2.75, 3.05) is 18.5 Å². The average Bonchev–Trinajstić information content (AvgIpc) is 2.55. The summed E-state index contributed by atoms with van der Waals surface area (Å²) in [7, 11) is -3.65. The lowest BCUT2D eigenvalue weighted by molar-refractivity contribution is -0.118. The van der Waals surface area contributed by atoms with Gasteiger partial charge in [-0.25, -0.2) is 13.1 Å². The first-order chi connectivity index (χ1) is 11.0. The minimum atomic E-state index is -3.65. The highest BCUT2D eigenvalue weighted by Crippen LogP contribution is 2.29. The normalized spacial score (nSPS) is 13.8. The van der Waals surface area contributed by atoms with Gasteiger partial charge in [0.15, 0.2) is 6.61 Å². The van der Waals surface area contributed by atoms with Crippen molar-refractivity contribution in [2.45, 2.75) is 11.3 Å². The maximum absolute atomic E-state index is 12.3. The van der Waals surface area contributed by atoms with Gasteiger partial charge in [0.25, 0.3) is 5.91 Å². The highest BCUT2D eigenvalue weighted by molar-refractivity contribution is 7.89. The molecule has 0 bridgehead atoms. The van der Waals surface area contributed by atoms with Gasteiger partial charge < -0.3 is 10.1 Å². The lowest BCUT2D eigenvalue weighted by Crippen LogP contribution is -2.28. The first-order valence-corrected chi connectivity index (χ1v) is 8.48. The van der Waals surface area contributed by atoms with Crippen molar-refractivity contribution >= 4 is 21.6 Å². The molecule has 1 aliphatic heterocycles. The molecule has 8 heteroatoms. The Bertz CT molecular complexity index is 822. The number of pyridine rings is 1. The minimum absolute atomic E-state index is 0.0662. The van der Waals surface area contributed by atoms with Gasteiger partial charge in [0.2, 0.25) is 10.0 Å². The Labute approximate surface area is 133 Å². The standard InChI is InChI=1S/C15H15N3O4S/c19-15-10-22-14-2-1-12(9-13(14)18-15)23(20,21)17-8-5-11-3-6-16-7-4-11/h1-4,6-7,9,17H,5,8,10H2,(H,18,19). The second kappa shape index (κ2) is 6.35. The van der Waals surface area contributed by atoms with E-state index in [0.29, 0.717) is 17.9 Å². The summed E-state index contributed by atoms with van der Waals surface area (Å²) in [5, 5.41) is 2.59. The summed E-state index contributed by atoms with van der Waals surface area (Å²) in [5.41, 5.74) is 1.35. The first-order valence-electron chi connectivity index (χ1n) is 7.00. The molecule has 1 amide bonds. The van der Waals surface area contributed by atoms with Crippen LogP contribution < -0.4 is 14.8 Å². The SMILES string of the molecule is O=C1COc2ccc(S(=O)(=O)NCCc3ccncc3)cc2N1. The average molecular weight is 333 g/mol. The van der Waals surface area contributed by atoms with Gasteiger partial charge in [0.05, 0.1) is 10.6 Å². The summed E-state index contributed by atoms with van der Waals surface area (Å²) in [4.78, 5) is 15.3. The Morgan fingerprint density at radius 3 is 2.78 bits per heavy atom. The number of aromatic nitrogens is 1. The topological polar surface area (TPSA) is 97.4 Å². The van der Waals surface area contributed by atoms with Crippen molar-refractivity contribution < 1.29 is 17.9 Å². The number of carbonyl (C=O) groups excluding carboxylic acids is 1. The van der Waals surface area contributed by atoms with Crippen LogP contribution in [0, 0.1) is 0 Å². The fraction of sp³-hybridized carbons (Fsp3) is 0.200. The quantitative estimate of drug-likeness (QED) is 0.848. The number of ether oxygens (including phenoxy) is 1. The molecule has 0 saturated carbocycles. The van der Waals surface area contributed by atoms with E-state index in [0.717, 1.165) is 5.56 Å². The van der Waals surface area contributed by atoms with Gasteiger partial charge in [-0.15, -0.1) is 0 Å². The van der Waals surface area contributed by atoms with E-state index in [9.17, 15) is 13.2 Å². The molecule has 0 atom stereocenters. The Hall–Kier alpha value is -2.45. The van der Waals surface area contributed by atoms with Crippen molar-refractivity contribution in [2.24, 2.45) is 0 Å². The first kappa shape index (κ1) is 15.4. The third kappa shape index (κ3) is 3.66. The molecular formula is C15H15N3O4S. The molecule has 120 valence electrons. The zero-order chi connectivity index (χ0) is 16.3. The van der Waals surface area contributed by atoms with E-state index in [1.807, 2.05) is 12.1 Å². The Kier molecular flexibility index (Phi) is 4.26. The number of benzene rings is 1. The van der Waals surface area contributed by atoms with Crippen LogP contribution >= 0.6 is 0 Å². The second-order valence-electron chi connectivity index (χ2n) is 5.00. The van der Waals surface area contributed by atoms with Gasteiger partial charge in [-0.2, -0.15) is 0 Å². The largest absolute Gasteiger partial charge is 0.482 e. The molecule has 0 aliphatic carbocycles. The van der Waals surface area contributed by atoms with Gasteiger partial charge in [-0.1, -0.05) is 0 Å². The highest BCUT2D eigenvalue weighted by Gasteiger charge is 2.20. The number of fused-ring (bicyclic) bond motifs is 1. The number of hydrogen-bond acceptors (Lipinski definition) is 5. The highest BCUT2D eigenvalue weighted by atomic mass is 32.2. The number of hydrogen-bond donors (Lipinski definition) is 2. The molecule has 0 fully saturated rings. The molecule has 0 radical (unpaired) electrons. The van der Waals surface area contributed by atoms with Crippen molar-refractivity contribution in [3.8, 4) is 5.75 Å². The van der Waals surface area contributed by atoms with Crippen LogP contribution in [0.25, 0.3) is 0 Å². The molecule has 7 nitrogen and oxygen atoms in total. The number of rotatable bonds is 5. The predicted molar refractivity (Wildman–Crippen MR) is 83.7 cm³/mol. The fourth-order valence-electron chi connectivity index (χ4n) is 2.19. The lowest BCUT2D eigenvalue weighted by Gasteiger charge is -2.18. The van der Waals surface area contributed by atoms with E-state index in [2.05, 4.69) is 15.0 Å². The third-order valence-electron chi connectivity index (χ3n) is 3.35.